The number of rotatable bonds is 14. The summed E-state index contributed by atoms with van der Waals surface area (Å²) in [4.78, 5) is 77.3. The van der Waals surface area contributed by atoms with E-state index in [0.29, 0.717) is 103 Å². The second kappa shape index (κ2) is 29.5. The summed E-state index contributed by atoms with van der Waals surface area (Å²) in [5, 5.41) is 44.8. The highest BCUT2D eigenvalue weighted by Gasteiger charge is 2.35. The van der Waals surface area contributed by atoms with Crippen LogP contribution in [0.2, 0.25) is 0 Å². The summed E-state index contributed by atoms with van der Waals surface area (Å²) in [6, 6.07) is 28.3. The molecule has 4 fully saturated rings. The first-order chi connectivity index (χ1) is 52.7. The van der Waals surface area contributed by atoms with Crippen LogP contribution in [0.5, 0.6) is 0 Å². The molecule has 0 unspecified atom stereocenters. The summed E-state index contributed by atoms with van der Waals surface area (Å²) < 4.78 is 30.0. The third-order valence-electron chi connectivity index (χ3n) is 21.7. The van der Waals surface area contributed by atoms with E-state index in [0.717, 1.165) is 161 Å². The van der Waals surface area contributed by atoms with Crippen LogP contribution in [0, 0.1) is 11.7 Å². The number of pyridine rings is 6. The zero-order valence-corrected chi connectivity index (χ0v) is 59.8. The first kappa shape index (κ1) is 69.2. The minimum atomic E-state index is -0.915. The number of anilines is 8. The van der Waals surface area contributed by atoms with Crippen molar-refractivity contribution in [3.05, 3.63) is 198 Å². The number of nitrogens with zero attached hydrogens (tertiary/aromatic N) is 14. The molecule has 0 saturated carbocycles. The molecule has 0 aliphatic carbocycles. The third kappa shape index (κ3) is 13.8. The number of carbonyl (C=O) groups excluding carboxylic acids is 3. The van der Waals surface area contributed by atoms with Gasteiger partial charge in [-0.2, -0.15) is 5.10 Å². The molecule has 0 spiro atoms. The first-order valence-corrected chi connectivity index (χ1v) is 36.7. The van der Waals surface area contributed by atoms with E-state index in [1.54, 1.807) is 35.7 Å². The van der Waals surface area contributed by atoms with Crippen molar-refractivity contribution in [2.75, 3.05) is 98.0 Å². The summed E-state index contributed by atoms with van der Waals surface area (Å²) in [7, 11) is 3.82. The second-order valence-corrected chi connectivity index (χ2v) is 28.4. The van der Waals surface area contributed by atoms with Crippen molar-refractivity contribution in [1.29, 1.82) is 0 Å². The number of aryl methyl sites for hydroxylation is 2. The molecule has 108 heavy (non-hydrogen) atoms. The van der Waals surface area contributed by atoms with Gasteiger partial charge in [0.15, 0.2) is 5.82 Å². The van der Waals surface area contributed by atoms with Gasteiger partial charge in [-0.3, -0.25) is 33.3 Å². The summed E-state index contributed by atoms with van der Waals surface area (Å²) in [6.45, 7) is 11.0. The average Bonchev–Trinajstić information content (AvgIpc) is 1.60. The van der Waals surface area contributed by atoms with Crippen LogP contribution in [0.4, 0.5) is 50.3 Å². The Hall–Kier alpha value is -11.8. The molecule has 0 bridgehead atoms. The maximum Gasteiger partial charge on any atom is 0.254 e. The van der Waals surface area contributed by atoms with Crippen LogP contribution in [0.3, 0.4) is 0 Å². The number of carbonyl (C=O) groups is 3. The van der Waals surface area contributed by atoms with Crippen LogP contribution in [-0.4, -0.2) is 165 Å². The molecule has 3 amide bonds. The Morgan fingerprint density at radius 2 is 1.16 bits per heavy atom. The highest BCUT2D eigenvalue weighted by molar-refractivity contribution is 6.09. The number of hydrogen-bond acceptors (Lipinski definition) is 21. The van der Waals surface area contributed by atoms with E-state index in [-0.39, 0.29) is 29.6 Å². The van der Waals surface area contributed by atoms with E-state index in [1.165, 1.54) is 31.5 Å². The normalized spacial score (nSPS) is 17.1. The van der Waals surface area contributed by atoms with Crippen LogP contribution in [-0.2, 0) is 48.8 Å². The van der Waals surface area contributed by atoms with Crippen molar-refractivity contribution in [2.24, 2.45) is 20.0 Å². The van der Waals surface area contributed by atoms with E-state index in [9.17, 15) is 29.0 Å². The smallest absolute Gasteiger partial charge is 0.254 e. The van der Waals surface area contributed by atoms with Crippen LogP contribution in [0.15, 0.2) is 153 Å². The van der Waals surface area contributed by atoms with E-state index in [1.807, 2.05) is 127 Å². The lowest BCUT2D eigenvalue weighted by Gasteiger charge is -2.37. The quantitative estimate of drug-likeness (QED) is 0.0502. The van der Waals surface area contributed by atoms with Crippen molar-refractivity contribution in [2.45, 2.75) is 69.9 Å². The molecular formula is C80H81FN20O7. The molecule has 0 atom stereocenters. The van der Waals surface area contributed by atoms with Crippen LogP contribution in [0.1, 0.15) is 91.9 Å². The number of aliphatic hydroxyl groups excluding tert-OH is 1. The predicted molar refractivity (Wildman–Crippen MR) is 407 cm³/mol. The van der Waals surface area contributed by atoms with E-state index >= 15 is 0 Å². The van der Waals surface area contributed by atoms with E-state index in [2.05, 4.69) is 87.7 Å². The number of aliphatic hydroxyl groups is 2. The summed E-state index contributed by atoms with van der Waals surface area (Å²) in [5.74, 6) is 2.64. The maximum absolute atomic E-state index is 13.7. The largest absolute Gasteiger partial charge is 0.393 e. The number of morpholine rings is 1. The van der Waals surface area contributed by atoms with Gasteiger partial charge in [-0.25, -0.2) is 34.3 Å². The van der Waals surface area contributed by atoms with Gasteiger partial charge in [0.1, 0.15) is 34.6 Å². The Morgan fingerprint density at radius 1 is 0.546 bits per heavy atom. The molecule has 0 radical (unpaired) electrons. The highest BCUT2D eigenvalue weighted by atomic mass is 19.1. The SMILES string of the molecule is Cn1ccc2c(-c3ccc(Nc4ccc(N5CCC(O)CC5)cn4)c4c3CNC4=O)cnc-2n1.Cn1ccc2c(-c3ncc(Nc4ccc(C5(O)CCOCC5)cn4)c4c3CNC4=O)ccnc21.O=C1NCc2c(-c3cnc4cc(F)ccn34)ccc(Nc3ccc(N4CCC(CN5CCOCC5)CC4)cn3)c21. The lowest BCUT2D eigenvalue weighted by atomic mass is 9.87. The lowest BCUT2D eigenvalue weighted by molar-refractivity contribution is -0.0681. The van der Waals surface area contributed by atoms with Gasteiger partial charge >= 0.3 is 0 Å². The Balaban J connectivity index is 0.000000119. The van der Waals surface area contributed by atoms with Crippen molar-refractivity contribution in [1.82, 2.24) is 74.5 Å². The van der Waals surface area contributed by atoms with Gasteiger partial charge in [-0.15, -0.1) is 0 Å². The van der Waals surface area contributed by atoms with Gasteiger partial charge in [0, 0.05) is 188 Å². The molecule has 8 N–H and O–H groups in total. The van der Waals surface area contributed by atoms with Crippen LogP contribution < -0.4 is 41.7 Å². The summed E-state index contributed by atoms with van der Waals surface area (Å²) >= 11 is 0. The predicted octanol–water partition coefficient (Wildman–Crippen LogP) is 10.0. The molecule has 19 rings (SSSR count). The number of fused-ring (bicyclic) bond motifs is 6. The van der Waals surface area contributed by atoms with Crippen LogP contribution in [0.25, 0.3) is 61.7 Å². The zero-order chi connectivity index (χ0) is 73.6. The molecule has 9 aliphatic heterocycles. The second-order valence-electron chi connectivity index (χ2n) is 28.4. The zero-order valence-electron chi connectivity index (χ0n) is 59.8. The number of halogens is 1. The van der Waals surface area contributed by atoms with Crippen molar-refractivity contribution < 1.29 is 38.5 Å². The van der Waals surface area contributed by atoms with Gasteiger partial charge < -0.3 is 66.0 Å². The number of hydrogen-bond donors (Lipinski definition) is 8. The molecule has 4 saturated heterocycles. The summed E-state index contributed by atoms with van der Waals surface area (Å²) in [6.07, 6.45) is 22.7. The fourth-order valence-corrected chi connectivity index (χ4v) is 15.8. The van der Waals surface area contributed by atoms with E-state index < -0.39 is 5.60 Å². The molecule has 17 heterocycles. The summed E-state index contributed by atoms with van der Waals surface area (Å²) in [5.41, 5.74) is 16.2. The standard InChI is InChI=1S/C30H32FN7O2.C25H25N7O2.C25H24N6O3/c31-21-7-10-38-26(18-33-28(38)15-21)23-2-3-25(29-24(23)17-34-30(29)39)35-27-4-1-22(16-32-27)37-8-5-20(6-9-37)19-36-11-13-40-14-12-36;1-31-9-8-18-19(13-27-24(18)30-31)17-3-4-21(23-20(17)14-28-25(23)34)29-22-5-2-15(12-26-22)32-10-6-16(33)7-11-32;1-31-9-5-17-16(4-8-26-23(17)31)22-18-13-29-24(32)21(18)19(14-28-22)30-20-3-2-15(12-27-20)25(33)6-10-34-11-7-25/h1-4,7,10,15-16,18,20H,5-6,8-9,11-14,17,19H2,(H,32,35)(H,34,39);2-5,8-9,12-13,16,33H,6-7,10-11,14H2,1H3,(H,26,29)(H,28,34);2-5,8-9,12,14,33H,6-7,10-11,13H2,1H3,(H,27,30)(H,29,32). The van der Waals surface area contributed by atoms with Crippen molar-refractivity contribution in [3.8, 4) is 45.0 Å². The minimum absolute atomic E-state index is 0.101. The van der Waals surface area contributed by atoms with Gasteiger partial charge in [0.2, 0.25) is 0 Å². The number of benzene rings is 2. The topological polar surface area (TPSA) is 309 Å². The number of nitrogens with one attached hydrogen (secondary N) is 6. The maximum atomic E-state index is 13.7. The molecule has 550 valence electrons. The number of ether oxygens (including phenoxy) is 2. The van der Waals surface area contributed by atoms with Crippen molar-refractivity contribution in [3.63, 3.8) is 0 Å². The van der Waals surface area contributed by atoms with Gasteiger partial charge in [-0.05, 0) is 115 Å². The Kier molecular flexibility index (Phi) is 18.9. The fourth-order valence-electron chi connectivity index (χ4n) is 15.8. The number of piperidine rings is 2. The van der Waals surface area contributed by atoms with Gasteiger partial charge in [0.25, 0.3) is 17.7 Å². The third-order valence-corrected chi connectivity index (χ3v) is 21.7. The van der Waals surface area contributed by atoms with Crippen LogP contribution >= 0.6 is 0 Å². The monoisotopic (exact) mass is 1450 g/mol. The lowest BCUT2D eigenvalue weighted by Crippen LogP contribution is -2.42. The fraction of sp³-hybridized carbons (Fsp3) is 0.312. The van der Waals surface area contributed by atoms with Gasteiger partial charge in [0.05, 0.1) is 106 Å². The Morgan fingerprint density at radius 3 is 1.81 bits per heavy atom. The molecule has 2 aromatic carbocycles. The average molecular weight is 1450 g/mol. The highest BCUT2D eigenvalue weighted by Crippen LogP contribution is 2.42. The Labute approximate surface area is 621 Å². The molecule has 9 aliphatic rings. The molecule has 10 aromatic rings. The van der Waals surface area contributed by atoms with Gasteiger partial charge in [-0.1, -0.05) is 18.2 Å². The number of aromatic nitrogens is 11. The first-order valence-electron chi connectivity index (χ1n) is 36.7. The van der Waals surface area contributed by atoms with E-state index in [4.69, 9.17) is 14.5 Å². The minimum Gasteiger partial charge on any atom is -0.393 e. The molecule has 8 aromatic heterocycles. The molecule has 28 heteroatoms. The Bertz CT molecular complexity index is 5330. The number of imidazole rings is 1. The van der Waals surface area contributed by atoms with Crippen molar-refractivity contribution >= 4 is 80.3 Å². The number of amides is 3. The molecule has 27 nitrogen and oxygen atoms in total. The molecular weight excluding hydrogens is 1370 g/mol.